The maximum Gasteiger partial charge on any atom is 1.00 e. The maximum absolute atomic E-state index is 12.7. The SMILES string of the molecule is CCC(=O)OCCCCCCc1ccc(C(=O)Oc2ccc(N=Nc3ccc(C)c(S([O-])(O)O)c3)cc2C(O)O)cc1.[Na+]. The van der Waals surface area contributed by atoms with Crippen LogP contribution in [-0.4, -0.2) is 42.4 Å². The van der Waals surface area contributed by atoms with Gasteiger partial charge in [-0.25, -0.2) is 4.79 Å². The van der Waals surface area contributed by atoms with E-state index < -0.39 is 23.1 Å². The molecule has 0 spiro atoms. The van der Waals surface area contributed by atoms with E-state index >= 15 is 0 Å². The number of nitrogens with zero attached hydrogens (tertiary/aromatic N) is 2. The Bertz CT molecular complexity index is 1390. The monoisotopic (exact) mass is 622 g/mol. The summed E-state index contributed by atoms with van der Waals surface area (Å²) in [4.78, 5) is 23.7. The van der Waals surface area contributed by atoms with Gasteiger partial charge in [-0.05, 0) is 79.8 Å². The first kappa shape index (κ1) is 36.5. The smallest absolute Gasteiger partial charge is 0.769 e. The van der Waals surface area contributed by atoms with Crippen LogP contribution in [0.2, 0.25) is 0 Å². The van der Waals surface area contributed by atoms with Crippen molar-refractivity contribution in [1.82, 2.24) is 0 Å². The molecule has 0 bridgehead atoms. The Morgan fingerprint density at radius 1 is 0.907 bits per heavy atom. The number of hydrogen-bond acceptors (Lipinski definition) is 11. The average Bonchev–Trinajstić information content (AvgIpc) is 2.96. The van der Waals surface area contributed by atoms with Crippen molar-refractivity contribution < 1.29 is 72.5 Å². The fourth-order valence-corrected chi connectivity index (χ4v) is 4.75. The first-order valence-electron chi connectivity index (χ1n) is 13.5. The van der Waals surface area contributed by atoms with Crippen molar-refractivity contribution in [1.29, 1.82) is 0 Å². The molecule has 43 heavy (non-hydrogen) atoms. The summed E-state index contributed by atoms with van der Waals surface area (Å²) in [6.45, 7) is 3.77. The van der Waals surface area contributed by atoms with Crippen molar-refractivity contribution >= 4 is 34.2 Å². The molecule has 3 aromatic rings. The van der Waals surface area contributed by atoms with Crippen molar-refractivity contribution in [3.63, 3.8) is 0 Å². The van der Waals surface area contributed by atoms with E-state index in [4.69, 9.17) is 9.47 Å². The number of benzene rings is 3. The molecular formula is C30H35N2NaO9S. The van der Waals surface area contributed by atoms with E-state index in [0.29, 0.717) is 18.6 Å². The molecule has 0 aliphatic heterocycles. The van der Waals surface area contributed by atoms with Crippen LogP contribution in [0.25, 0.3) is 0 Å². The fraction of sp³-hybridized carbons (Fsp3) is 0.333. The Balaban J connectivity index is 0.00000645. The van der Waals surface area contributed by atoms with Crippen LogP contribution in [0.15, 0.2) is 75.8 Å². The summed E-state index contributed by atoms with van der Waals surface area (Å²) in [5.74, 6) is -0.929. The maximum atomic E-state index is 12.7. The number of esters is 2. The third-order valence-corrected chi connectivity index (χ3v) is 7.33. The van der Waals surface area contributed by atoms with Crippen LogP contribution in [0, 0.1) is 6.92 Å². The normalized spacial score (nSPS) is 11.8. The second-order valence-electron chi connectivity index (χ2n) is 9.57. The number of aliphatic hydroxyl groups is 2. The molecular weight excluding hydrogens is 587 g/mol. The summed E-state index contributed by atoms with van der Waals surface area (Å²) in [5, 5.41) is 27.7. The number of rotatable bonds is 14. The summed E-state index contributed by atoms with van der Waals surface area (Å²) in [5.41, 5.74) is 2.02. The molecule has 0 unspecified atom stereocenters. The van der Waals surface area contributed by atoms with Crippen LogP contribution in [-0.2, 0) is 16.0 Å². The van der Waals surface area contributed by atoms with Gasteiger partial charge in [0, 0.05) is 11.3 Å². The molecule has 11 nitrogen and oxygen atoms in total. The summed E-state index contributed by atoms with van der Waals surface area (Å²) < 4.78 is 41.1. The fourth-order valence-electron chi connectivity index (χ4n) is 3.98. The van der Waals surface area contributed by atoms with Gasteiger partial charge in [0.1, 0.15) is 5.75 Å². The zero-order chi connectivity index (χ0) is 30.7. The summed E-state index contributed by atoms with van der Waals surface area (Å²) in [6, 6.07) is 15.3. The van der Waals surface area contributed by atoms with Gasteiger partial charge in [-0.3, -0.25) is 4.79 Å². The Labute approximate surface area is 274 Å². The van der Waals surface area contributed by atoms with Gasteiger partial charge in [-0.2, -0.15) is 10.2 Å². The van der Waals surface area contributed by atoms with E-state index in [2.05, 4.69) is 10.2 Å². The van der Waals surface area contributed by atoms with Crippen molar-refractivity contribution in [2.45, 2.75) is 63.6 Å². The van der Waals surface area contributed by atoms with E-state index in [0.717, 1.165) is 37.7 Å². The van der Waals surface area contributed by atoms with E-state index in [1.807, 2.05) is 12.1 Å². The Morgan fingerprint density at radius 2 is 1.53 bits per heavy atom. The molecule has 3 aromatic carbocycles. The molecule has 0 radical (unpaired) electrons. The third kappa shape index (κ3) is 11.8. The second kappa shape index (κ2) is 17.6. The minimum absolute atomic E-state index is 0. The van der Waals surface area contributed by atoms with Crippen molar-refractivity contribution in [2.75, 3.05) is 6.61 Å². The minimum Gasteiger partial charge on any atom is -0.769 e. The van der Waals surface area contributed by atoms with Crippen molar-refractivity contribution in [3.8, 4) is 5.75 Å². The molecule has 0 atom stereocenters. The van der Waals surface area contributed by atoms with Crippen LogP contribution < -0.4 is 34.3 Å². The van der Waals surface area contributed by atoms with Gasteiger partial charge in [0.15, 0.2) is 6.29 Å². The number of ether oxygens (including phenoxy) is 2. The molecule has 0 saturated heterocycles. The zero-order valence-corrected chi connectivity index (χ0v) is 27.2. The van der Waals surface area contributed by atoms with Crippen LogP contribution in [0.5, 0.6) is 5.75 Å². The molecule has 0 amide bonds. The predicted molar refractivity (Wildman–Crippen MR) is 156 cm³/mol. The number of carbonyl (C=O) groups excluding carboxylic acids is 2. The average molecular weight is 623 g/mol. The third-order valence-electron chi connectivity index (χ3n) is 6.31. The van der Waals surface area contributed by atoms with Gasteiger partial charge in [0.25, 0.3) is 0 Å². The first-order valence-corrected chi connectivity index (χ1v) is 14.9. The molecule has 4 N–H and O–H groups in total. The second-order valence-corrected chi connectivity index (χ2v) is 11.0. The molecule has 0 saturated carbocycles. The van der Waals surface area contributed by atoms with Crippen LogP contribution in [0.3, 0.4) is 0 Å². The molecule has 0 heterocycles. The van der Waals surface area contributed by atoms with Crippen molar-refractivity contribution in [2.24, 2.45) is 10.2 Å². The number of azo groups is 1. The van der Waals surface area contributed by atoms with Gasteiger partial charge >= 0.3 is 41.5 Å². The molecule has 0 aromatic heterocycles. The predicted octanol–water partition coefficient (Wildman–Crippen LogP) is 3.91. The number of hydrogen-bond donors (Lipinski definition) is 4. The summed E-state index contributed by atoms with van der Waals surface area (Å²) in [7, 11) is -4.19. The first-order chi connectivity index (χ1) is 20.0. The van der Waals surface area contributed by atoms with Gasteiger partial charge in [0.2, 0.25) is 0 Å². The van der Waals surface area contributed by atoms with Crippen LogP contribution in [0.1, 0.15) is 72.4 Å². The van der Waals surface area contributed by atoms with Gasteiger partial charge < -0.3 is 33.3 Å². The van der Waals surface area contributed by atoms with E-state index in [9.17, 15) is 33.5 Å². The number of aryl methyl sites for hydroxylation is 2. The summed E-state index contributed by atoms with van der Waals surface area (Å²) >= 11 is 0. The van der Waals surface area contributed by atoms with Crippen LogP contribution >= 0.6 is 10.9 Å². The Hall–Kier alpha value is -2.65. The van der Waals surface area contributed by atoms with Crippen molar-refractivity contribution in [3.05, 3.63) is 82.9 Å². The molecule has 0 aliphatic carbocycles. The van der Waals surface area contributed by atoms with Gasteiger partial charge in [0.05, 0.1) is 29.1 Å². The molecule has 226 valence electrons. The Kier molecular flexibility index (Phi) is 15.0. The molecule has 0 fully saturated rings. The quantitative estimate of drug-likeness (QED) is 0.0517. The number of carbonyl (C=O) groups is 2. The number of unbranched alkanes of at least 4 members (excludes halogenated alkanes) is 3. The topological polar surface area (TPSA) is 181 Å². The largest absolute Gasteiger partial charge is 1.00 e. The molecule has 3 rings (SSSR count). The van der Waals surface area contributed by atoms with E-state index in [-0.39, 0.29) is 68.7 Å². The zero-order valence-electron chi connectivity index (χ0n) is 24.4. The molecule has 0 aliphatic rings. The molecule has 13 heteroatoms. The number of aliphatic hydroxyl groups excluding tert-OH is 1. The van der Waals surface area contributed by atoms with E-state index in [1.54, 1.807) is 26.0 Å². The minimum atomic E-state index is -4.19. The van der Waals surface area contributed by atoms with E-state index in [1.165, 1.54) is 36.4 Å². The Morgan fingerprint density at radius 3 is 2.16 bits per heavy atom. The van der Waals surface area contributed by atoms with Gasteiger partial charge in [-0.1, -0.05) is 48.8 Å². The standard InChI is InChI=1S/C30H36N2O9S.Na/c1-3-28(33)40-17-7-5-4-6-8-21-10-12-22(13-11-21)30(36)41-26-16-15-23(18-25(26)29(34)35)31-32-24-14-9-20(2)27(19-24)42(37,38)39;/h9-16,18-19,29,34-35,37-39H,3-8,17H2,1-2H3;/q;+1/p-1. The van der Waals surface area contributed by atoms with Crippen LogP contribution in [0.4, 0.5) is 11.4 Å². The van der Waals surface area contributed by atoms with Gasteiger partial charge in [-0.15, -0.1) is 0 Å². The summed E-state index contributed by atoms with van der Waals surface area (Å²) in [6.07, 6.45) is 3.00.